The molecule has 0 atom stereocenters. The molecular formula is C12H17N. The van der Waals surface area contributed by atoms with Crippen molar-refractivity contribution < 1.29 is 0 Å². The molecule has 13 heavy (non-hydrogen) atoms. The Morgan fingerprint density at radius 1 is 1.31 bits per heavy atom. The van der Waals surface area contributed by atoms with Gasteiger partial charge in [-0.2, -0.15) is 0 Å². The van der Waals surface area contributed by atoms with Gasteiger partial charge in [0, 0.05) is 0 Å². The average molecular weight is 175 g/mol. The van der Waals surface area contributed by atoms with Gasteiger partial charge in [0.05, 0.1) is 0 Å². The SMILES string of the molecule is CNCC/C=C(\C)c1ccccc1. The monoisotopic (exact) mass is 175 g/mol. The van der Waals surface area contributed by atoms with Crippen molar-refractivity contribution in [3.63, 3.8) is 0 Å². The van der Waals surface area contributed by atoms with Crippen LogP contribution in [0.15, 0.2) is 36.4 Å². The Labute approximate surface area is 80.5 Å². The van der Waals surface area contributed by atoms with Crippen LogP contribution in [0, 0.1) is 0 Å². The first-order valence-corrected chi connectivity index (χ1v) is 4.71. The molecule has 1 aromatic carbocycles. The second-order valence-corrected chi connectivity index (χ2v) is 3.15. The van der Waals surface area contributed by atoms with Gasteiger partial charge < -0.3 is 5.32 Å². The number of hydrogen-bond acceptors (Lipinski definition) is 1. The number of benzene rings is 1. The van der Waals surface area contributed by atoms with Crippen LogP contribution in [-0.2, 0) is 0 Å². The molecule has 1 aromatic rings. The van der Waals surface area contributed by atoms with Crippen LogP contribution in [0.4, 0.5) is 0 Å². The molecule has 0 amide bonds. The van der Waals surface area contributed by atoms with Crippen molar-refractivity contribution in [3.05, 3.63) is 42.0 Å². The fourth-order valence-electron chi connectivity index (χ4n) is 1.25. The lowest BCUT2D eigenvalue weighted by molar-refractivity contribution is 0.808. The topological polar surface area (TPSA) is 12.0 Å². The summed E-state index contributed by atoms with van der Waals surface area (Å²) in [4.78, 5) is 0. The third kappa shape index (κ3) is 3.43. The normalized spacial score (nSPS) is 11.7. The van der Waals surface area contributed by atoms with Gasteiger partial charge in [0.15, 0.2) is 0 Å². The summed E-state index contributed by atoms with van der Waals surface area (Å²) < 4.78 is 0. The van der Waals surface area contributed by atoms with Gasteiger partial charge in [0.2, 0.25) is 0 Å². The molecule has 70 valence electrons. The zero-order chi connectivity index (χ0) is 9.52. The van der Waals surface area contributed by atoms with Crippen molar-refractivity contribution in [1.82, 2.24) is 5.32 Å². The number of hydrogen-bond donors (Lipinski definition) is 1. The van der Waals surface area contributed by atoms with Crippen LogP contribution in [0.5, 0.6) is 0 Å². The van der Waals surface area contributed by atoms with Crippen LogP contribution < -0.4 is 5.32 Å². The Bertz CT molecular complexity index is 262. The highest BCUT2D eigenvalue weighted by Gasteiger charge is 1.91. The van der Waals surface area contributed by atoms with Crippen LogP contribution in [0.1, 0.15) is 18.9 Å². The summed E-state index contributed by atoms with van der Waals surface area (Å²) in [6.45, 7) is 3.20. The molecule has 0 saturated heterocycles. The number of nitrogens with one attached hydrogen (secondary N) is 1. The maximum atomic E-state index is 3.13. The van der Waals surface area contributed by atoms with Gasteiger partial charge in [-0.3, -0.25) is 0 Å². The summed E-state index contributed by atoms with van der Waals surface area (Å²) >= 11 is 0. The van der Waals surface area contributed by atoms with E-state index in [1.807, 2.05) is 13.1 Å². The molecule has 0 radical (unpaired) electrons. The zero-order valence-electron chi connectivity index (χ0n) is 8.38. The van der Waals surface area contributed by atoms with E-state index in [1.54, 1.807) is 0 Å². The first kappa shape index (κ1) is 10.0. The molecule has 0 aliphatic carbocycles. The highest BCUT2D eigenvalue weighted by atomic mass is 14.8. The molecule has 1 heteroatoms. The Hall–Kier alpha value is -1.08. The molecule has 0 aliphatic heterocycles. The standard InChI is InChI=1S/C12H17N/c1-11(7-6-10-13-2)12-8-4-3-5-9-12/h3-5,7-9,13H,6,10H2,1-2H3/b11-7+. The quantitative estimate of drug-likeness (QED) is 0.694. The second kappa shape index (κ2) is 5.55. The third-order valence-corrected chi connectivity index (χ3v) is 2.07. The molecule has 1 rings (SSSR count). The van der Waals surface area contributed by atoms with Gasteiger partial charge in [-0.25, -0.2) is 0 Å². The highest BCUT2D eigenvalue weighted by molar-refractivity contribution is 5.63. The summed E-state index contributed by atoms with van der Waals surface area (Å²) in [5, 5.41) is 3.13. The third-order valence-electron chi connectivity index (χ3n) is 2.07. The van der Waals surface area contributed by atoms with Crippen LogP contribution >= 0.6 is 0 Å². The summed E-state index contributed by atoms with van der Waals surface area (Å²) in [7, 11) is 1.98. The minimum atomic E-state index is 1.05. The van der Waals surface area contributed by atoms with Crippen molar-refractivity contribution in [2.75, 3.05) is 13.6 Å². The van der Waals surface area contributed by atoms with Crippen LogP contribution in [0.2, 0.25) is 0 Å². The Morgan fingerprint density at radius 3 is 2.62 bits per heavy atom. The van der Waals surface area contributed by atoms with Crippen LogP contribution in [0.25, 0.3) is 5.57 Å². The van der Waals surface area contributed by atoms with Crippen molar-refractivity contribution in [2.24, 2.45) is 0 Å². The van der Waals surface area contributed by atoms with Gasteiger partial charge in [-0.1, -0.05) is 36.4 Å². The lowest BCUT2D eigenvalue weighted by Gasteiger charge is -2.00. The van der Waals surface area contributed by atoms with E-state index < -0.39 is 0 Å². The van der Waals surface area contributed by atoms with E-state index in [-0.39, 0.29) is 0 Å². The van der Waals surface area contributed by atoms with Gasteiger partial charge in [-0.15, -0.1) is 0 Å². The predicted molar refractivity (Wildman–Crippen MR) is 58.6 cm³/mol. The maximum Gasteiger partial charge on any atom is -0.00171 e. The molecule has 0 heterocycles. The van der Waals surface area contributed by atoms with Crippen molar-refractivity contribution >= 4 is 5.57 Å². The summed E-state index contributed by atoms with van der Waals surface area (Å²) in [6, 6.07) is 10.5. The number of rotatable bonds is 4. The fourth-order valence-corrected chi connectivity index (χ4v) is 1.25. The van der Waals surface area contributed by atoms with E-state index in [0.29, 0.717) is 0 Å². The van der Waals surface area contributed by atoms with E-state index in [2.05, 4.69) is 42.6 Å². The van der Waals surface area contributed by atoms with E-state index in [1.165, 1.54) is 11.1 Å². The Kier molecular flexibility index (Phi) is 4.27. The molecule has 0 fully saturated rings. The van der Waals surface area contributed by atoms with E-state index in [4.69, 9.17) is 0 Å². The first-order valence-electron chi connectivity index (χ1n) is 4.71. The van der Waals surface area contributed by atoms with Gasteiger partial charge in [-0.05, 0) is 38.1 Å². The molecular weight excluding hydrogens is 158 g/mol. The van der Waals surface area contributed by atoms with E-state index in [0.717, 1.165) is 13.0 Å². The van der Waals surface area contributed by atoms with Gasteiger partial charge >= 0.3 is 0 Å². The van der Waals surface area contributed by atoms with Crippen molar-refractivity contribution in [2.45, 2.75) is 13.3 Å². The lowest BCUT2D eigenvalue weighted by Crippen LogP contribution is -2.05. The van der Waals surface area contributed by atoms with Gasteiger partial charge in [0.1, 0.15) is 0 Å². The number of allylic oxidation sites excluding steroid dienone is 1. The molecule has 1 nitrogen and oxygen atoms in total. The summed E-state index contributed by atoms with van der Waals surface area (Å²) in [5.74, 6) is 0. The van der Waals surface area contributed by atoms with Crippen molar-refractivity contribution in [1.29, 1.82) is 0 Å². The smallest absolute Gasteiger partial charge is 0.00171 e. The molecule has 0 spiro atoms. The molecule has 1 N–H and O–H groups in total. The highest BCUT2D eigenvalue weighted by Crippen LogP contribution is 2.12. The van der Waals surface area contributed by atoms with Crippen LogP contribution in [0.3, 0.4) is 0 Å². The molecule has 0 aromatic heterocycles. The van der Waals surface area contributed by atoms with Crippen molar-refractivity contribution in [3.8, 4) is 0 Å². The average Bonchev–Trinajstić information content (AvgIpc) is 2.19. The predicted octanol–water partition coefficient (Wildman–Crippen LogP) is 2.70. The molecule has 0 unspecified atom stereocenters. The lowest BCUT2D eigenvalue weighted by atomic mass is 10.1. The Balaban J connectivity index is 2.57. The minimum Gasteiger partial charge on any atom is -0.319 e. The fraction of sp³-hybridized carbons (Fsp3) is 0.333. The second-order valence-electron chi connectivity index (χ2n) is 3.15. The summed E-state index contributed by atoms with van der Waals surface area (Å²) in [5.41, 5.74) is 2.68. The first-order chi connectivity index (χ1) is 6.34. The minimum absolute atomic E-state index is 1.05. The molecule has 0 bridgehead atoms. The molecule has 0 saturated carbocycles. The summed E-state index contributed by atoms with van der Waals surface area (Å²) in [6.07, 6.45) is 3.36. The maximum absolute atomic E-state index is 3.13. The van der Waals surface area contributed by atoms with E-state index >= 15 is 0 Å². The molecule has 0 aliphatic rings. The Morgan fingerprint density at radius 2 is 2.00 bits per heavy atom. The van der Waals surface area contributed by atoms with Gasteiger partial charge in [0.25, 0.3) is 0 Å². The largest absolute Gasteiger partial charge is 0.319 e. The van der Waals surface area contributed by atoms with Crippen LogP contribution in [-0.4, -0.2) is 13.6 Å². The zero-order valence-corrected chi connectivity index (χ0v) is 8.38. The van der Waals surface area contributed by atoms with E-state index in [9.17, 15) is 0 Å².